The Morgan fingerprint density at radius 3 is 2.50 bits per heavy atom. The van der Waals surface area contributed by atoms with Crippen LogP contribution in [0.3, 0.4) is 0 Å². The maximum Gasteiger partial charge on any atom is 0.359 e. The molecule has 1 atom stereocenters. The van der Waals surface area contributed by atoms with Crippen molar-refractivity contribution in [2.45, 2.75) is 18.6 Å². The molecule has 0 radical (unpaired) electrons. The number of carbonyl (C=O) groups is 1. The van der Waals surface area contributed by atoms with Gasteiger partial charge < -0.3 is 10.3 Å². The third kappa shape index (κ3) is 0.871. The summed E-state index contributed by atoms with van der Waals surface area (Å²) in [6.45, 7) is 0.0861. The summed E-state index contributed by atoms with van der Waals surface area (Å²) in [5.74, 6) is -4.16. The normalized spacial score (nSPS) is 34.6. The van der Waals surface area contributed by atoms with Gasteiger partial charge >= 0.3 is 5.97 Å². The van der Waals surface area contributed by atoms with E-state index < -0.39 is 11.8 Å². The van der Waals surface area contributed by atoms with Gasteiger partial charge in [0.15, 0.2) is 0 Å². The van der Waals surface area contributed by atoms with Gasteiger partial charge in [0.25, 0.3) is 5.79 Å². The van der Waals surface area contributed by atoms with E-state index in [1.165, 1.54) is 0 Å². The van der Waals surface area contributed by atoms with Crippen LogP contribution in [0.1, 0.15) is 12.8 Å². The molecule has 1 heterocycles. The van der Waals surface area contributed by atoms with Crippen LogP contribution in [0, 0.1) is 0 Å². The van der Waals surface area contributed by atoms with Crippen LogP contribution >= 0.6 is 0 Å². The summed E-state index contributed by atoms with van der Waals surface area (Å²) in [7, 11) is 0. The highest BCUT2D eigenvalue weighted by Crippen LogP contribution is 2.28. The van der Waals surface area contributed by atoms with Crippen molar-refractivity contribution in [3.63, 3.8) is 0 Å². The molecule has 0 saturated carbocycles. The molecule has 0 spiro atoms. The fourth-order valence-corrected chi connectivity index (χ4v) is 0.987. The molecule has 1 aliphatic rings. The van der Waals surface area contributed by atoms with E-state index in [1.54, 1.807) is 0 Å². The molecule has 4 nitrogen and oxygen atoms in total. The van der Waals surface area contributed by atoms with Gasteiger partial charge in [-0.25, -0.2) is 9.18 Å². The van der Waals surface area contributed by atoms with Crippen molar-refractivity contribution in [2.75, 3.05) is 6.54 Å². The summed E-state index contributed by atoms with van der Waals surface area (Å²) in [5, 5.41) is 17.2. The Morgan fingerprint density at radius 1 is 1.70 bits per heavy atom. The molecule has 0 bridgehead atoms. The van der Waals surface area contributed by atoms with Crippen molar-refractivity contribution in [2.24, 2.45) is 0 Å². The van der Waals surface area contributed by atoms with Gasteiger partial charge in [0.1, 0.15) is 0 Å². The molecule has 0 aromatic carbocycles. The lowest BCUT2D eigenvalue weighted by molar-refractivity contribution is -0.217. The number of halogens is 1. The Balaban J connectivity index is 2.75. The van der Waals surface area contributed by atoms with Crippen LogP contribution < -0.4 is 0 Å². The van der Waals surface area contributed by atoms with Gasteiger partial charge in [0, 0.05) is 13.0 Å². The van der Waals surface area contributed by atoms with Crippen molar-refractivity contribution >= 4 is 5.97 Å². The molecular weight excluding hydrogens is 141 g/mol. The van der Waals surface area contributed by atoms with E-state index in [4.69, 9.17) is 10.3 Å². The highest BCUT2D eigenvalue weighted by Gasteiger charge is 2.48. The minimum atomic E-state index is -2.54. The quantitative estimate of drug-likeness (QED) is 0.523. The predicted molar refractivity (Wildman–Crippen MR) is 29.2 cm³/mol. The molecule has 0 aromatic rings. The zero-order valence-electron chi connectivity index (χ0n) is 5.25. The molecule has 5 heteroatoms. The van der Waals surface area contributed by atoms with Crippen LogP contribution in [-0.4, -0.2) is 33.7 Å². The molecule has 58 valence electrons. The van der Waals surface area contributed by atoms with E-state index in [1.807, 2.05) is 0 Å². The Bertz CT molecular complexity index is 163. The summed E-state index contributed by atoms with van der Waals surface area (Å²) >= 11 is 0. The second-order valence-corrected chi connectivity index (χ2v) is 2.29. The lowest BCUT2D eigenvalue weighted by Crippen LogP contribution is -2.44. The van der Waals surface area contributed by atoms with Crippen LogP contribution in [0.4, 0.5) is 4.39 Å². The largest absolute Gasteiger partial charge is 0.478 e. The average molecular weight is 149 g/mol. The summed E-state index contributed by atoms with van der Waals surface area (Å²) in [5.41, 5.74) is 0. The van der Waals surface area contributed by atoms with Crippen LogP contribution in [0.15, 0.2) is 0 Å². The molecule has 2 N–H and O–H groups in total. The Hall–Kier alpha value is -0.680. The zero-order valence-corrected chi connectivity index (χ0v) is 5.25. The highest BCUT2D eigenvalue weighted by atomic mass is 19.1. The number of carboxylic acid groups (broad SMARTS) is 1. The maximum atomic E-state index is 12.9. The SMILES string of the molecule is O=C(O)C1(F)CCCN1O. The van der Waals surface area contributed by atoms with Crippen molar-refractivity contribution in [1.29, 1.82) is 0 Å². The van der Waals surface area contributed by atoms with E-state index in [9.17, 15) is 9.18 Å². The number of hydrogen-bond donors (Lipinski definition) is 2. The molecule has 10 heavy (non-hydrogen) atoms. The summed E-state index contributed by atoms with van der Waals surface area (Å²) in [6.07, 6.45) is 0.234. The smallest absolute Gasteiger partial charge is 0.359 e. The van der Waals surface area contributed by atoms with Gasteiger partial charge in [-0.2, -0.15) is 0 Å². The topological polar surface area (TPSA) is 60.8 Å². The number of aliphatic carboxylic acids is 1. The fourth-order valence-electron chi connectivity index (χ4n) is 0.987. The molecule has 0 aliphatic carbocycles. The molecule has 1 saturated heterocycles. The number of rotatable bonds is 1. The minimum Gasteiger partial charge on any atom is -0.478 e. The maximum absolute atomic E-state index is 12.9. The van der Waals surface area contributed by atoms with Crippen LogP contribution in [-0.2, 0) is 4.79 Å². The number of hydroxylamine groups is 2. The van der Waals surface area contributed by atoms with E-state index in [-0.39, 0.29) is 18.0 Å². The van der Waals surface area contributed by atoms with Gasteiger partial charge in [0.2, 0.25) is 0 Å². The Kier molecular flexibility index (Phi) is 1.61. The molecule has 1 unspecified atom stereocenters. The van der Waals surface area contributed by atoms with Crippen LogP contribution in [0.2, 0.25) is 0 Å². The van der Waals surface area contributed by atoms with Crippen molar-refractivity contribution in [3.8, 4) is 0 Å². The Labute approximate surface area is 56.8 Å². The lowest BCUT2D eigenvalue weighted by atomic mass is 10.2. The number of nitrogens with zero attached hydrogens (tertiary/aromatic N) is 1. The average Bonchev–Trinajstić information content (AvgIpc) is 2.15. The molecule has 1 rings (SSSR count). The second-order valence-electron chi connectivity index (χ2n) is 2.29. The molecule has 1 fully saturated rings. The third-order valence-corrected chi connectivity index (χ3v) is 1.61. The number of alkyl halides is 1. The summed E-state index contributed by atoms with van der Waals surface area (Å²) in [6, 6.07) is 0. The van der Waals surface area contributed by atoms with Gasteiger partial charge in [-0.15, -0.1) is 5.06 Å². The number of carboxylic acids is 1. The summed E-state index contributed by atoms with van der Waals surface area (Å²) in [4.78, 5) is 10.2. The first-order valence-corrected chi connectivity index (χ1v) is 2.96. The zero-order chi connectivity index (χ0) is 7.78. The van der Waals surface area contributed by atoms with Gasteiger partial charge in [-0.05, 0) is 6.42 Å². The van der Waals surface area contributed by atoms with Gasteiger partial charge in [-0.3, -0.25) is 0 Å². The first-order valence-electron chi connectivity index (χ1n) is 2.96. The lowest BCUT2D eigenvalue weighted by Gasteiger charge is -2.19. The monoisotopic (exact) mass is 149 g/mol. The highest BCUT2D eigenvalue weighted by molar-refractivity contribution is 5.76. The molecule has 1 aliphatic heterocycles. The van der Waals surface area contributed by atoms with E-state index in [2.05, 4.69) is 0 Å². The van der Waals surface area contributed by atoms with Crippen molar-refractivity contribution in [1.82, 2.24) is 5.06 Å². The van der Waals surface area contributed by atoms with E-state index in [0.29, 0.717) is 6.42 Å². The van der Waals surface area contributed by atoms with E-state index >= 15 is 0 Å². The second kappa shape index (κ2) is 2.17. The Morgan fingerprint density at radius 2 is 2.30 bits per heavy atom. The van der Waals surface area contributed by atoms with E-state index in [0.717, 1.165) is 0 Å². The van der Waals surface area contributed by atoms with Crippen molar-refractivity contribution < 1.29 is 19.5 Å². The molecule has 0 amide bonds. The third-order valence-electron chi connectivity index (χ3n) is 1.61. The molecule has 0 aromatic heterocycles. The fraction of sp³-hybridized carbons (Fsp3) is 0.800. The van der Waals surface area contributed by atoms with Gasteiger partial charge in [-0.1, -0.05) is 0 Å². The number of hydrogen-bond acceptors (Lipinski definition) is 3. The van der Waals surface area contributed by atoms with Crippen LogP contribution in [0.5, 0.6) is 0 Å². The summed E-state index contributed by atoms with van der Waals surface area (Å²) < 4.78 is 12.9. The predicted octanol–water partition coefficient (Wildman–Crippen LogP) is 0.222. The van der Waals surface area contributed by atoms with Crippen LogP contribution in [0.25, 0.3) is 0 Å². The van der Waals surface area contributed by atoms with Gasteiger partial charge in [0.05, 0.1) is 0 Å². The first-order chi connectivity index (χ1) is 4.57. The standard InChI is InChI=1S/C5H8FNO3/c6-5(4(8)9)2-1-3-7(5)10/h10H,1-3H2,(H,8,9). The molecular formula is C5H8FNO3. The first kappa shape index (κ1) is 7.43. The van der Waals surface area contributed by atoms with Crippen molar-refractivity contribution in [3.05, 3.63) is 0 Å². The minimum absolute atomic E-state index is 0.0861.